The number of aliphatic hydroxyl groups is 1. The minimum atomic E-state index is 0.208. The maximum absolute atomic E-state index is 9.36. The second kappa shape index (κ2) is 12.9. The van der Waals surface area contributed by atoms with Crippen molar-refractivity contribution in [1.29, 1.82) is 0 Å². The van der Waals surface area contributed by atoms with E-state index in [9.17, 15) is 5.11 Å². The normalized spacial score (nSPS) is 19.4. The molecule has 0 radical (unpaired) electrons. The average molecular weight is 576 g/mol. The molecule has 6 rings (SSSR count). The van der Waals surface area contributed by atoms with Gasteiger partial charge in [0.2, 0.25) is 0 Å². The van der Waals surface area contributed by atoms with E-state index in [1.807, 2.05) is 0 Å². The predicted octanol–water partition coefficient (Wildman–Crippen LogP) is 6.11. The number of ether oxygens (including phenoxy) is 2. The van der Waals surface area contributed by atoms with Gasteiger partial charge in [-0.25, -0.2) is 4.98 Å². The van der Waals surface area contributed by atoms with Crippen molar-refractivity contribution in [3.63, 3.8) is 0 Å². The molecule has 2 aromatic carbocycles. The third kappa shape index (κ3) is 6.40. The standard InChI is InChI=1S/C34H45N3O3S/c1-25-27(7-3-9-29(25)33-35-30-11-17-36(18-19-38)23-32(30)41-33)28-8-4-10-31(26(28)2)40-20-6-16-37-15-5-12-34(24-37)13-21-39-22-14-34/h3-4,7-10,38H,5-6,11-24H2,1-2H3. The summed E-state index contributed by atoms with van der Waals surface area (Å²) in [5.41, 5.74) is 7.87. The molecule has 41 heavy (non-hydrogen) atoms. The van der Waals surface area contributed by atoms with Gasteiger partial charge in [0.25, 0.3) is 0 Å². The first kappa shape index (κ1) is 28.8. The van der Waals surface area contributed by atoms with Crippen molar-refractivity contribution in [2.24, 2.45) is 5.41 Å². The van der Waals surface area contributed by atoms with Crippen LogP contribution in [0.3, 0.4) is 0 Å². The van der Waals surface area contributed by atoms with Crippen LogP contribution in [0.2, 0.25) is 0 Å². The van der Waals surface area contributed by atoms with Crippen molar-refractivity contribution >= 4 is 11.3 Å². The summed E-state index contributed by atoms with van der Waals surface area (Å²) >= 11 is 1.81. The highest BCUT2D eigenvalue weighted by Gasteiger charge is 2.36. The number of fused-ring (bicyclic) bond motifs is 1. The van der Waals surface area contributed by atoms with Crippen LogP contribution in [0.4, 0.5) is 0 Å². The van der Waals surface area contributed by atoms with E-state index in [-0.39, 0.29) is 6.61 Å². The van der Waals surface area contributed by atoms with E-state index >= 15 is 0 Å². The number of rotatable bonds is 9. The van der Waals surface area contributed by atoms with Crippen molar-refractivity contribution in [3.05, 3.63) is 58.1 Å². The zero-order chi connectivity index (χ0) is 28.2. The zero-order valence-corrected chi connectivity index (χ0v) is 25.6. The highest BCUT2D eigenvalue weighted by Crippen LogP contribution is 2.40. The fourth-order valence-corrected chi connectivity index (χ4v) is 8.33. The van der Waals surface area contributed by atoms with Crippen LogP contribution in [0.5, 0.6) is 5.75 Å². The molecule has 0 bridgehead atoms. The first-order valence-electron chi connectivity index (χ1n) is 15.5. The number of aromatic nitrogens is 1. The van der Waals surface area contributed by atoms with Gasteiger partial charge < -0.3 is 19.5 Å². The summed E-state index contributed by atoms with van der Waals surface area (Å²) in [5, 5.41) is 10.5. The Morgan fingerprint density at radius 2 is 1.73 bits per heavy atom. The second-order valence-electron chi connectivity index (χ2n) is 12.2. The Morgan fingerprint density at radius 3 is 2.56 bits per heavy atom. The monoisotopic (exact) mass is 575 g/mol. The lowest BCUT2D eigenvalue weighted by Gasteiger charge is -2.45. The van der Waals surface area contributed by atoms with Crippen LogP contribution in [0.1, 0.15) is 53.8 Å². The molecule has 0 atom stereocenters. The maximum Gasteiger partial charge on any atom is 0.124 e. The molecule has 6 nitrogen and oxygen atoms in total. The third-order valence-electron chi connectivity index (χ3n) is 9.54. The Morgan fingerprint density at radius 1 is 0.951 bits per heavy atom. The van der Waals surface area contributed by atoms with Crippen LogP contribution >= 0.6 is 11.3 Å². The molecule has 0 saturated carbocycles. The summed E-state index contributed by atoms with van der Waals surface area (Å²) in [6.07, 6.45) is 7.13. The van der Waals surface area contributed by atoms with Gasteiger partial charge in [-0.3, -0.25) is 4.90 Å². The van der Waals surface area contributed by atoms with Crippen molar-refractivity contribution < 1.29 is 14.6 Å². The Bertz CT molecular complexity index is 1330. The maximum atomic E-state index is 9.36. The van der Waals surface area contributed by atoms with E-state index in [1.165, 1.54) is 77.2 Å². The summed E-state index contributed by atoms with van der Waals surface area (Å²) < 4.78 is 12.0. The molecule has 1 N–H and O–H groups in total. The summed E-state index contributed by atoms with van der Waals surface area (Å²) in [5.74, 6) is 0.987. The van der Waals surface area contributed by atoms with Gasteiger partial charge in [-0.05, 0) is 86.2 Å². The first-order chi connectivity index (χ1) is 20.0. The van der Waals surface area contributed by atoms with E-state index in [4.69, 9.17) is 14.5 Å². The molecule has 0 aliphatic carbocycles. The highest BCUT2D eigenvalue weighted by atomic mass is 32.1. The molecule has 2 fully saturated rings. The third-order valence-corrected chi connectivity index (χ3v) is 10.7. The number of nitrogens with zero attached hydrogens (tertiary/aromatic N) is 3. The quantitative estimate of drug-likeness (QED) is 0.311. The fourth-order valence-electron chi connectivity index (χ4n) is 7.10. The van der Waals surface area contributed by atoms with Gasteiger partial charge in [0.05, 0.1) is 18.9 Å². The number of piperidine rings is 1. The van der Waals surface area contributed by atoms with Crippen LogP contribution < -0.4 is 4.74 Å². The van der Waals surface area contributed by atoms with Gasteiger partial charge >= 0.3 is 0 Å². The van der Waals surface area contributed by atoms with Crippen molar-refractivity contribution in [1.82, 2.24) is 14.8 Å². The molecule has 0 unspecified atom stereocenters. The zero-order valence-electron chi connectivity index (χ0n) is 24.8. The summed E-state index contributed by atoms with van der Waals surface area (Å²) in [6, 6.07) is 13.0. The largest absolute Gasteiger partial charge is 0.493 e. The fraction of sp³-hybridized carbons (Fsp3) is 0.559. The van der Waals surface area contributed by atoms with E-state index in [1.54, 1.807) is 11.3 Å². The molecule has 1 spiro atoms. The Balaban J connectivity index is 1.11. The topological polar surface area (TPSA) is 58.1 Å². The van der Waals surface area contributed by atoms with Crippen molar-refractivity contribution in [3.8, 4) is 27.4 Å². The molecule has 220 valence electrons. The van der Waals surface area contributed by atoms with Gasteiger partial charge in [-0.15, -0.1) is 11.3 Å². The van der Waals surface area contributed by atoms with E-state index in [0.717, 1.165) is 69.6 Å². The van der Waals surface area contributed by atoms with Gasteiger partial charge in [0.15, 0.2) is 0 Å². The van der Waals surface area contributed by atoms with Crippen LogP contribution in [-0.4, -0.2) is 79.0 Å². The molecule has 2 saturated heterocycles. The lowest BCUT2D eigenvalue weighted by Crippen LogP contribution is -2.46. The number of thiazole rings is 1. The molecular formula is C34H45N3O3S. The number of β-amino-alcohol motifs (C(OH)–C–C–N with tert-alkyl or cyclic N) is 1. The smallest absolute Gasteiger partial charge is 0.124 e. The Labute approximate surface area is 249 Å². The molecule has 4 heterocycles. The average Bonchev–Trinajstić information content (AvgIpc) is 3.40. The summed E-state index contributed by atoms with van der Waals surface area (Å²) in [4.78, 5) is 11.4. The number of likely N-dealkylation sites (tertiary alicyclic amines) is 1. The molecular weight excluding hydrogens is 530 g/mol. The minimum Gasteiger partial charge on any atom is -0.493 e. The lowest BCUT2D eigenvalue weighted by atomic mass is 9.74. The molecule has 0 amide bonds. The van der Waals surface area contributed by atoms with Gasteiger partial charge in [0.1, 0.15) is 10.8 Å². The van der Waals surface area contributed by atoms with Crippen LogP contribution in [0, 0.1) is 19.3 Å². The predicted molar refractivity (Wildman–Crippen MR) is 167 cm³/mol. The second-order valence-corrected chi connectivity index (χ2v) is 13.3. The van der Waals surface area contributed by atoms with E-state index in [2.05, 4.69) is 60.0 Å². The lowest BCUT2D eigenvalue weighted by molar-refractivity contribution is -0.0279. The number of hydrogen-bond donors (Lipinski definition) is 1. The van der Waals surface area contributed by atoms with Crippen LogP contribution in [0.15, 0.2) is 36.4 Å². The highest BCUT2D eigenvalue weighted by molar-refractivity contribution is 7.15. The van der Waals surface area contributed by atoms with Crippen LogP contribution in [-0.2, 0) is 17.7 Å². The molecule has 1 aromatic heterocycles. The van der Waals surface area contributed by atoms with Crippen molar-refractivity contribution in [2.45, 2.75) is 58.9 Å². The first-order valence-corrected chi connectivity index (χ1v) is 16.3. The van der Waals surface area contributed by atoms with Crippen molar-refractivity contribution in [2.75, 3.05) is 59.2 Å². The Kier molecular flexibility index (Phi) is 9.08. The number of hydrogen-bond acceptors (Lipinski definition) is 7. The van der Waals surface area contributed by atoms with Gasteiger partial charge in [-0.1, -0.05) is 30.3 Å². The number of aliphatic hydroxyl groups excluding tert-OH is 1. The summed E-state index contributed by atoms with van der Waals surface area (Å²) in [6.45, 7) is 13.4. The van der Waals surface area contributed by atoms with E-state index < -0.39 is 0 Å². The molecule has 3 aliphatic heterocycles. The number of benzene rings is 2. The van der Waals surface area contributed by atoms with E-state index in [0.29, 0.717) is 5.41 Å². The SMILES string of the molecule is Cc1c(OCCCN2CCCC3(CCOCC3)C2)cccc1-c1cccc(-c2nc3c(s2)CN(CCO)CC3)c1C. The van der Waals surface area contributed by atoms with Gasteiger partial charge in [-0.2, -0.15) is 0 Å². The Hall–Kier alpha value is -2.29. The summed E-state index contributed by atoms with van der Waals surface area (Å²) in [7, 11) is 0. The van der Waals surface area contributed by atoms with Crippen LogP contribution in [0.25, 0.3) is 21.7 Å². The minimum absolute atomic E-state index is 0.208. The molecule has 7 heteroatoms. The molecule has 3 aliphatic rings. The van der Waals surface area contributed by atoms with Gasteiger partial charge in [0, 0.05) is 62.8 Å². The molecule has 3 aromatic rings.